The normalized spacial score (nSPS) is 10.5. The molecule has 82 valence electrons. The number of esters is 1. The second-order valence-corrected chi connectivity index (χ2v) is 4.09. The Labute approximate surface area is 101 Å². The Morgan fingerprint density at radius 3 is 2.60 bits per heavy atom. The van der Waals surface area contributed by atoms with Crippen molar-refractivity contribution in [2.45, 2.75) is 6.43 Å². The van der Waals surface area contributed by atoms with E-state index in [0.717, 1.165) is 7.11 Å². The summed E-state index contributed by atoms with van der Waals surface area (Å²) in [4.78, 5) is 14.7. The Morgan fingerprint density at radius 2 is 2.13 bits per heavy atom. The standard InChI is InChI=1S/C8H5Br2F2NO2/c1-15-8(14)3-2-4(9)6(10)13-5(3)7(11)12/h2,7H,1H3. The van der Waals surface area contributed by atoms with E-state index in [0.29, 0.717) is 4.47 Å². The van der Waals surface area contributed by atoms with E-state index in [1.165, 1.54) is 6.07 Å². The topological polar surface area (TPSA) is 39.2 Å². The Kier molecular flexibility index (Phi) is 4.15. The molecule has 0 atom stereocenters. The number of nitrogens with zero attached hydrogens (tertiary/aromatic N) is 1. The Morgan fingerprint density at radius 1 is 1.53 bits per heavy atom. The number of aromatic nitrogens is 1. The van der Waals surface area contributed by atoms with Crippen LogP contribution in [0.3, 0.4) is 0 Å². The zero-order chi connectivity index (χ0) is 11.6. The van der Waals surface area contributed by atoms with E-state index in [4.69, 9.17) is 0 Å². The van der Waals surface area contributed by atoms with Crippen molar-refractivity contribution < 1.29 is 18.3 Å². The molecule has 15 heavy (non-hydrogen) atoms. The summed E-state index contributed by atoms with van der Waals surface area (Å²) in [5, 5.41) is 0. The summed E-state index contributed by atoms with van der Waals surface area (Å²) in [5.74, 6) is -0.842. The quantitative estimate of drug-likeness (QED) is 0.610. The van der Waals surface area contributed by atoms with Gasteiger partial charge in [0, 0.05) is 0 Å². The van der Waals surface area contributed by atoms with E-state index in [2.05, 4.69) is 41.6 Å². The van der Waals surface area contributed by atoms with Gasteiger partial charge in [-0.1, -0.05) is 0 Å². The van der Waals surface area contributed by atoms with Crippen LogP contribution in [-0.2, 0) is 4.74 Å². The molecule has 0 aliphatic carbocycles. The molecule has 0 aliphatic heterocycles. The van der Waals surface area contributed by atoms with Crippen LogP contribution in [0.25, 0.3) is 0 Å². The average Bonchev–Trinajstić information content (AvgIpc) is 2.20. The molecule has 0 unspecified atom stereocenters. The first-order valence-electron chi connectivity index (χ1n) is 3.69. The molecule has 1 rings (SSSR count). The fourth-order valence-electron chi connectivity index (χ4n) is 0.919. The molecule has 7 heteroatoms. The van der Waals surface area contributed by atoms with Crippen LogP contribution in [0.5, 0.6) is 0 Å². The molecule has 0 saturated carbocycles. The zero-order valence-electron chi connectivity index (χ0n) is 7.43. The maximum Gasteiger partial charge on any atom is 0.339 e. The van der Waals surface area contributed by atoms with E-state index in [1.807, 2.05) is 0 Å². The molecule has 0 aliphatic rings. The van der Waals surface area contributed by atoms with Crippen molar-refractivity contribution in [3.8, 4) is 0 Å². The first-order chi connectivity index (χ1) is 6.97. The molecule has 0 spiro atoms. The summed E-state index contributed by atoms with van der Waals surface area (Å²) in [7, 11) is 1.12. The van der Waals surface area contributed by atoms with Gasteiger partial charge in [-0.2, -0.15) is 0 Å². The van der Waals surface area contributed by atoms with Crippen LogP contribution in [-0.4, -0.2) is 18.1 Å². The maximum atomic E-state index is 12.5. The zero-order valence-corrected chi connectivity index (χ0v) is 10.6. The summed E-state index contributed by atoms with van der Waals surface area (Å²) in [6.45, 7) is 0. The van der Waals surface area contributed by atoms with Crippen LogP contribution in [0.2, 0.25) is 0 Å². The molecule has 0 radical (unpaired) electrons. The van der Waals surface area contributed by atoms with E-state index in [-0.39, 0.29) is 10.2 Å². The second kappa shape index (κ2) is 4.98. The lowest BCUT2D eigenvalue weighted by molar-refractivity contribution is 0.0587. The molecule has 0 aromatic carbocycles. The Balaban J connectivity index is 3.34. The van der Waals surface area contributed by atoms with Crippen LogP contribution in [0.15, 0.2) is 15.1 Å². The highest BCUT2D eigenvalue weighted by Gasteiger charge is 2.22. The van der Waals surface area contributed by atoms with Gasteiger partial charge in [-0.25, -0.2) is 18.6 Å². The first kappa shape index (κ1) is 12.5. The molecule has 0 saturated heterocycles. The van der Waals surface area contributed by atoms with Crippen molar-refractivity contribution in [1.82, 2.24) is 4.98 Å². The predicted octanol–water partition coefficient (Wildman–Crippen LogP) is 3.33. The van der Waals surface area contributed by atoms with Crippen LogP contribution >= 0.6 is 31.9 Å². The molecule has 0 amide bonds. The van der Waals surface area contributed by atoms with Crippen LogP contribution in [0.1, 0.15) is 22.5 Å². The third-order valence-corrected chi connectivity index (χ3v) is 3.32. The Bertz CT molecular complexity index is 398. The third-order valence-electron chi connectivity index (χ3n) is 1.57. The molecule has 0 bridgehead atoms. The molecule has 0 N–H and O–H groups in total. The number of hydrogen-bond acceptors (Lipinski definition) is 3. The SMILES string of the molecule is COC(=O)c1cc(Br)c(Br)nc1C(F)F. The number of methoxy groups -OCH3 is 1. The highest BCUT2D eigenvalue weighted by atomic mass is 79.9. The van der Waals surface area contributed by atoms with Gasteiger partial charge in [0.2, 0.25) is 0 Å². The van der Waals surface area contributed by atoms with Gasteiger partial charge >= 0.3 is 5.97 Å². The predicted molar refractivity (Wildman–Crippen MR) is 55.9 cm³/mol. The second-order valence-electron chi connectivity index (χ2n) is 2.49. The third kappa shape index (κ3) is 2.72. The van der Waals surface area contributed by atoms with Crippen molar-refractivity contribution in [1.29, 1.82) is 0 Å². The van der Waals surface area contributed by atoms with Gasteiger partial charge in [0.1, 0.15) is 10.3 Å². The molecule has 3 nitrogen and oxygen atoms in total. The fraction of sp³-hybridized carbons (Fsp3) is 0.250. The fourth-order valence-corrected chi connectivity index (χ4v) is 1.54. The lowest BCUT2D eigenvalue weighted by Gasteiger charge is -2.07. The van der Waals surface area contributed by atoms with Gasteiger partial charge in [0.15, 0.2) is 0 Å². The van der Waals surface area contributed by atoms with Gasteiger partial charge in [-0.15, -0.1) is 0 Å². The lowest BCUT2D eigenvalue weighted by Crippen LogP contribution is -2.08. The molecular formula is C8H5Br2F2NO2. The van der Waals surface area contributed by atoms with Gasteiger partial charge in [0.25, 0.3) is 6.43 Å². The summed E-state index contributed by atoms with van der Waals surface area (Å²) in [6.07, 6.45) is -2.83. The first-order valence-corrected chi connectivity index (χ1v) is 5.28. The van der Waals surface area contributed by atoms with Gasteiger partial charge < -0.3 is 4.74 Å². The van der Waals surface area contributed by atoms with Crippen LogP contribution in [0.4, 0.5) is 8.78 Å². The van der Waals surface area contributed by atoms with Crippen LogP contribution in [0, 0.1) is 0 Å². The van der Waals surface area contributed by atoms with E-state index in [9.17, 15) is 13.6 Å². The van der Waals surface area contributed by atoms with E-state index >= 15 is 0 Å². The summed E-state index contributed by atoms with van der Waals surface area (Å²) in [5.41, 5.74) is -0.848. The summed E-state index contributed by atoms with van der Waals surface area (Å²) in [6, 6.07) is 1.24. The van der Waals surface area contributed by atoms with Crippen molar-refractivity contribution in [3.63, 3.8) is 0 Å². The monoisotopic (exact) mass is 343 g/mol. The number of halogens is 4. The smallest absolute Gasteiger partial charge is 0.339 e. The summed E-state index contributed by atoms with van der Waals surface area (Å²) < 4.78 is 30.1. The number of carbonyl (C=O) groups excluding carboxylic acids is 1. The minimum absolute atomic E-state index is 0.213. The maximum absolute atomic E-state index is 12.5. The summed E-state index contributed by atoms with van der Waals surface area (Å²) >= 11 is 6.04. The number of carbonyl (C=O) groups is 1. The van der Waals surface area contributed by atoms with Gasteiger partial charge in [-0.05, 0) is 37.9 Å². The molecule has 0 fully saturated rings. The number of rotatable bonds is 2. The highest BCUT2D eigenvalue weighted by molar-refractivity contribution is 9.13. The van der Waals surface area contributed by atoms with Crippen molar-refractivity contribution in [3.05, 3.63) is 26.4 Å². The van der Waals surface area contributed by atoms with Crippen molar-refractivity contribution >= 4 is 37.8 Å². The van der Waals surface area contributed by atoms with Gasteiger partial charge in [0.05, 0.1) is 17.1 Å². The van der Waals surface area contributed by atoms with E-state index < -0.39 is 18.1 Å². The molecule has 1 aromatic heterocycles. The lowest BCUT2D eigenvalue weighted by atomic mass is 10.2. The largest absolute Gasteiger partial charge is 0.465 e. The van der Waals surface area contributed by atoms with Gasteiger partial charge in [-0.3, -0.25) is 0 Å². The van der Waals surface area contributed by atoms with Crippen LogP contribution < -0.4 is 0 Å². The van der Waals surface area contributed by atoms with Crippen molar-refractivity contribution in [2.24, 2.45) is 0 Å². The number of hydrogen-bond donors (Lipinski definition) is 0. The molecule has 1 aromatic rings. The highest BCUT2D eigenvalue weighted by Crippen LogP contribution is 2.29. The van der Waals surface area contributed by atoms with E-state index in [1.54, 1.807) is 0 Å². The molecule has 1 heterocycles. The number of pyridine rings is 1. The minimum Gasteiger partial charge on any atom is -0.465 e. The number of ether oxygens (including phenoxy) is 1. The average molecular weight is 345 g/mol. The minimum atomic E-state index is -2.83. The van der Waals surface area contributed by atoms with Crippen molar-refractivity contribution in [2.75, 3.05) is 7.11 Å². The number of alkyl halides is 2. The molecular weight excluding hydrogens is 340 g/mol. The Hall–Kier alpha value is -0.560.